The second-order valence-electron chi connectivity index (χ2n) is 2.26. The first-order chi connectivity index (χ1) is 5.35. The third kappa shape index (κ3) is 11.7. The zero-order chi connectivity index (χ0) is 9.78. The molecule has 8 heteroatoms. The Labute approximate surface area is 131 Å². The smallest absolute Gasteiger partial charge is 0.748 e. The monoisotopic (exact) mass is 267 g/mol. The summed E-state index contributed by atoms with van der Waals surface area (Å²) in [5.74, 6) is -0.437. The summed E-state index contributed by atoms with van der Waals surface area (Å²) >= 11 is 6.08. The van der Waals surface area contributed by atoms with Gasteiger partial charge in [-0.05, 0) is 13.2 Å². The fourth-order valence-electron chi connectivity index (χ4n) is 0.608. The molecule has 0 bridgehead atoms. The molecule has 0 aromatic rings. The summed E-state index contributed by atoms with van der Waals surface area (Å²) in [5, 5.41) is 2.70. The van der Waals surface area contributed by atoms with Gasteiger partial charge in [-0.2, -0.15) is 0 Å². The molecule has 1 N–H and O–H groups in total. The van der Waals surface area contributed by atoms with Crippen LogP contribution in [0.4, 0.5) is 0 Å². The molecule has 0 saturated carbocycles. The molecule has 0 saturated heterocycles. The number of hydrogen-bond donors (Lipinski definition) is 1. The second kappa shape index (κ2) is 8.00. The normalized spacial score (nSPS) is 12.8. The van der Waals surface area contributed by atoms with Crippen LogP contribution in [0.2, 0.25) is 0 Å². The molecule has 0 aromatic heterocycles. The third-order valence-corrected chi connectivity index (χ3v) is 3.02. The molecular weight excluding hydrogens is 257 g/mol. The van der Waals surface area contributed by atoms with Crippen LogP contribution < -0.4 is 56.7 Å². The summed E-state index contributed by atoms with van der Waals surface area (Å²) < 4.78 is 31.3. The molecule has 4 nitrogen and oxygen atoms in total. The summed E-state index contributed by atoms with van der Waals surface area (Å²) in [4.78, 5) is 0. The molecule has 0 spiro atoms. The third-order valence-electron chi connectivity index (χ3n) is 1.00. The van der Waals surface area contributed by atoms with Gasteiger partial charge in [0, 0.05) is 6.04 Å². The topological polar surface area (TPSA) is 69.2 Å². The Balaban J connectivity index is 0. The maximum absolute atomic E-state index is 10.3. The van der Waals surface area contributed by atoms with Crippen LogP contribution in [0.5, 0.6) is 0 Å². The van der Waals surface area contributed by atoms with E-state index in [0.717, 1.165) is 0 Å². The molecule has 0 aromatic carbocycles. The molecule has 1 unspecified atom stereocenters. The van der Waals surface area contributed by atoms with Crippen molar-refractivity contribution in [2.75, 3.05) is 12.0 Å². The van der Waals surface area contributed by atoms with Gasteiger partial charge in [0.15, 0.2) is 0 Å². The van der Waals surface area contributed by atoms with Crippen LogP contribution in [-0.2, 0) is 10.1 Å². The van der Waals surface area contributed by atoms with E-state index in [2.05, 4.69) is 5.32 Å². The van der Waals surface area contributed by atoms with Crippen LogP contribution in [-0.4, -0.2) is 35.3 Å². The molecule has 72 valence electrons. The Morgan fingerprint density at radius 2 is 2.15 bits per heavy atom. The van der Waals surface area contributed by atoms with Crippen molar-refractivity contribution in [1.29, 1.82) is 0 Å². The predicted molar refractivity (Wildman–Crippen MR) is 53.3 cm³/mol. The van der Waals surface area contributed by atoms with Crippen LogP contribution in [0, 0.1) is 0 Å². The van der Waals surface area contributed by atoms with E-state index in [0.29, 0.717) is 4.32 Å². The standard InChI is InChI=1S/C5H11NO3S3.K/c1-4(3-12(7,8)9)6-5(10)11-2;/h4H,3H2,1-2H3,(H,6,10)(H,7,8,9);/q;+1/p-1. The van der Waals surface area contributed by atoms with Crippen LogP contribution >= 0.6 is 24.0 Å². The number of nitrogens with one attached hydrogen (secondary N) is 1. The summed E-state index contributed by atoms with van der Waals surface area (Å²) in [5.41, 5.74) is 0. The molecule has 13 heavy (non-hydrogen) atoms. The van der Waals surface area contributed by atoms with Crippen LogP contribution in [0.25, 0.3) is 0 Å². The van der Waals surface area contributed by atoms with E-state index >= 15 is 0 Å². The van der Waals surface area contributed by atoms with Crippen molar-refractivity contribution in [3.63, 3.8) is 0 Å². The first-order valence-electron chi connectivity index (χ1n) is 3.13. The quantitative estimate of drug-likeness (QED) is 0.337. The maximum Gasteiger partial charge on any atom is 1.00 e. The number of thioether (sulfide) groups is 1. The van der Waals surface area contributed by atoms with Gasteiger partial charge in [0.05, 0.1) is 15.9 Å². The Morgan fingerprint density at radius 3 is 2.46 bits per heavy atom. The molecule has 0 radical (unpaired) electrons. The van der Waals surface area contributed by atoms with Gasteiger partial charge >= 0.3 is 51.4 Å². The Bertz CT molecular complexity index is 254. The number of hydrogen-bond acceptors (Lipinski definition) is 5. The van der Waals surface area contributed by atoms with Crippen molar-refractivity contribution in [2.24, 2.45) is 0 Å². The van der Waals surface area contributed by atoms with Gasteiger partial charge in [-0.15, -0.1) is 11.8 Å². The molecule has 0 fully saturated rings. The average molecular weight is 267 g/mol. The minimum absolute atomic E-state index is 0. The van der Waals surface area contributed by atoms with Gasteiger partial charge in [0.2, 0.25) is 0 Å². The summed E-state index contributed by atoms with van der Waals surface area (Å²) in [6, 6.07) is -0.424. The minimum atomic E-state index is -4.16. The van der Waals surface area contributed by atoms with Gasteiger partial charge in [0.1, 0.15) is 4.32 Å². The Kier molecular flexibility index (Phi) is 10.6. The van der Waals surface area contributed by atoms with Crippen LogP contribution in [0.15, 0.2) is 0 Å². The van der Waals surface area contributed by atoms with Gasteiger partial charge in [-0.3, -0.25) is 0 Å². The predicted octanol–water partition coefficient (Wildman–Crippen LogP) is -2.84. The van der Waals surface area contributed by atoms with E-state index in [9.17, 15) is 13.0 Å². The van der Waals surface area contributed by atoms with E-state index in [1.807, 2.05) is 0 Å². The average Bonchev–Trinajstić information content (AvgIpc) is 1.82. The first-order valence-corrected chi connectivity index (χ1v) is 6.34. The van der Waals surface area contributed by atoms with Crippen molar-refractivity contribution in [3.8, 4) is 0 Å². The second-order valence-corrected chi connectivity index (χ2v) is 5.19. The fraction of sp³-hybridized carbons (Fsp3) is 0.800. The number of rotatable bonds is 3. The van der Waals surface area contributed by atoms with Crippen molar-refractivity contribution in [2.45, 2.75) is 13.0 Å². The summed E-state index contributed by atoms with van der Waals surface area (Å²) in [6.07, 6.45) is 1.77. The molecule has 0 amide bonds. The number of thiocarbonyl (C=S) groups is 1. The van der Waals surface area contributed by atoms with Crippen LogP contribution in [0.3, 0.4) is 0 Å². The van der Waals surface area contributed by atoms with Gasteiger partial charge in [-0.25, -0.2) is 8.42 Å². The Morgan fingerprint density at radius 1 is 1.69 bits per heavy atom. The van der Waals surface area contributed by atoms with E-state index in [1.165, 1.54) is 11.8 Å². The molecular formula is C5H10KNO3S3. The molecule has 0 rings (SSSR count). The maximum atomic E-state index is 10.3. The van der Waals surface area contributed by atoms with E-state index < -0.39 is 21.9 Å². The van der Waals surface area contributed by atoms with E-state index in [4.69, 9.17) is 12.2 Å². The van der Waals surface area contributed by atoms with Gasteiger partial charge in [0.25, 0.3) is 0 Å². The van der Waals surface area contributed by atoms with Crippen molar-refractivity contribution in [3.05, 3.63) is 0 Å². The van der Waals surface area contributed by atoms with Crippen molar-refractivity contribution < 1.29 is 64.4 Å². The Hall–Kier alpha value is 1.79. The van der Waals surface area contributed by atoms with Gasteiger partial charge in [-0.1, -0.05) is 12.2 Å². The van der Waals surface area contributed by atoms with Crippen molar-refractivity contribution >= 4 is 38.4 Å². The zero-order valence-electron chi connectivity index (χ0n) is 7.73. The fourth-order valence-corrected chi connectivity index (χ4v) is 1.82. The summed E-state index contributed by atoms with van der Waals surface area (Å²) in [7, 11) is -4.16. The minimum Gasteiger partial charge on any atom is -0.748 e. The van der Waals surface area contributed by atoms with Gasteiger partial charge < -0.3 is 9.87 Å². The summed E-state index contributed by atoms with van der Waals surface area (Å²) in [6.45, 7) is 1.60. The molecule has 0 aliphatic rings. The van der Waals surface area contributed by atoms with Crippen LogP contribution in [0.1, 0.15) is 6.92 Å². The van der Waals surface area contributed by atoms with E-state index in [1.54, 1.807) is 13.2 Å². The first kappa shape index (κ1) is 17.2. The largest absolute Gasteiger partial charge is 1.00 e. The van der Waals surface area contributed by atoms with E-state index in [-0.39, 0.29) is 51.4 Å². The molecule has 0 heterocycles. The zero-order valence-corrected chi connectivity index (χ0v) is 13.3. The SMILES string of the molecule is CSC(=S)NC(C)CS(=O)(=O)[O-].[K+]. The molecule has 0 aliphatic carbocycles. The molecule has 1 atom stereocenters. The molecule has 0 aliphatic heterocycles. The van der Waals surface area contributed by atoms with Crippen molar-refractivity contribution in [1.82, 2.24) is 5.32 Å².